The molecule has 0 saturated carbocycles. The molecule has 0 amide bonds. The second kappa shape index (κ2) is 7.33. The second-order valence-corrected chi connectivity index (χ2v) is 6.68. The zero-order valence-electron chi connectivity index (χ0n) is 14.6. The Bertz CT molecular complexity index is 930. The second-order valence-electron chi connectivity index (χ2n) is 5.77. The molecule has 0 spiro atoms. The average Bonchev–Trinajstić information content (AvgIpc) is 2.91. The summed E-state index contributed by atoms with van der Waals surface area (Å²) in [7, 11) is 1.57. The lowest BCUT2D eigenvalue weighted by atomic mass is 10.0. The van der Waals surface area contributed by atoms with Crippen LogP contribution < -0.4 is 14.2 Å². The monoisotopic (exact) mass is 416 g/mol. The van der Waals surface area contributed by atoms with E-state index in [1.165, 1.54) is 0 Å². The number of fused-ring (bicyclic) bond motifs is 1. The third kappa shape index (κ3) is 3.51. The maximum atomic E-state index is 12.7. The van der Waals surface area contributed by atoms with Crippen LogP contribution in [-0.2, 0) is 4.79 Å². The highest BCUT2D eigenvalue weighted by molar-refractivity contribution is 9.10. The van der Waals surface area contributed by atoms with Gasteiger partial charge in [-0.25, -0.2) is 0 Å². The first-order chi connectivity index (χ1) is 12.4. The summed E-state index contributed by atoms with van der Waals surface area (Å²) in [6.45, 7) is 3.50. The quantitative estimate of drug-likeness (QED) is 0.410. The van der Waals surface area contributed by atoms with Crippen molar-refractivity contribution in [3.8, 4) is 17.2 Å². The number of methoxy groups -OCH3 is 1. The number of benzene rings is 2. The fourth-order valence-corrected chi connectivity index (χ4v) is 3.08. The van der Waals surface area contributed by atoms with Crippen molar-refractivity contribution >= 4 is 33.8 Å². The van der Waals surface area contributed by atoms with Crippen LogP contribution in [0.5, 0.6) is 17.2 Å². The molecule has 0 atom stereocenters. The Morgan fingerprint density at radius 2 is 2.04 bits per heavy atom. The Morgan fingerprint density at radius 3 is 2.73 bits per heavy atom. The van der Waals surface area contributed by atoms with Gasteiger partial charge < -0.3 is 14.2 Å². The van der Waals surface area contributed by atoms with Crippen molar-refractivity contribution in [2.75, 3.05) is 7.11 Å². The summed E-state index contributed by atoms with van der Waals surface area (Å²) in [5.41, 5.74) is 1.88. The Hall–Kier alpha value is -2.60. The molecule has 0 bridgehead atoms. The molecular weight excluding hydrogens is 400 g/mol. The standard InChI is InChI=1S/C20H17BrO5/c1-4-18(22)25-14-7-11(2)19-16(10-14)26-17(20(19)23)9-12-8-13(21)5-6-15(12)24-3/h5-10H,4H2,1-3H3/b17-9-. The number of hydrogen-bond acceptors (Lipinski definition) is 5. The van der Waals surface area contributed by atoms with Crippen molar-refractivity contribution in [3.63, 3.8) is 0 Å². The lowest BCUT2D eigenvalue weighted by molar-refractivity contribution is -0.134. The van der Waals surface area contributed by atoms with Gasteiger partial charge in [-0.3, -0.25) is 9.59 Å². The maximum absolute atomic E-state index is 12.7. The van der Waals surface area contributed by atoms with E-state index in [9.17, 15) is 9.59 Å². The number of hydrogen-bond donors (Lipinski definition) is 0. The van der Waals surface area contributed by atoms with Gasteiger partial charge in [0.05, 0.1) is 12.7 Å². The summed E-state index contributed by atoms with van der Waals surface area (Å²) in [4.78, 5) is 24.2. The molecule has 2 aromatic rings. The Labute approximate surface area is 159 Å². The average molecular weight is 417 g/mol. The van der Waals surface area contributed by atoms with E-state index in [-0.39, 0.29) is 23.9 Å². The van der Waals surface area contributed by atoms with Gasteiger partial charge in [-0.1, -0.05) is 22.9 Å². The van der Waals surface area contributed by atoms with Crippen LogP contribution in [0.2, 0.25) is 0 Å². The molecule has 2 aromatic carbocycles. The lowest BCUT2D eigenvalue weighted by Crippen LogP contribution is -2.06. The molecule has 6 heteroatoms. The number of allylic oxidation sites excluding steroid dienone is 1. The van der Waals surface area contributed by atoms with Crippen LogP contribution in [0.4, 0.5) is 0 Å². The number of esters is 1. The molecular formula is C20H17BrO5. The number of aryl methyl sites for hydroxylation is 1. The van der Waals surface area contributed by atoms with Crippen molar-refractivity contribution in [1.82, 2.24) is 0 Å². The van der Waals surface area contributed by atoms with Crippen molar-refractivity contribution < 1.29 is 23.8 Å². The molecule has 0 fully saturated rings. The van der Waals surface area contributed by atoms with Gasteiger partial charge in [0.2, 0.25) is 5.78 Å². The minimum Gasteiger partial charge on any atom is -0.496 e. The summed E-state index contributed by atoms with van der Waals surface area (Å²) < 4.78 is 17.2. The molecule has 0 N–H and O–H groups in total. The fraction of sp³-hybridized carbons (Fsp3) is 0.200. The summed E-state index contributed by atoms with van der Waals surface area (Å²) in [6, 6.07) is 8.72. The van der Waals surface area contributed by atoms with Crippen LogP contribution in [0.25, 0.3) is 6.08 Å². The van der Waals surface area contributed by atoms with Crippen LogP contribution in [0, 0.1) is 6.92 Å². The van der Waals surface area contributed by atoms with Crippen LogP contribution in [-0.4, -0.2) is 18.9 Å². The number of carbonyl (C=O) groups is 2. The fourth-order valence-electron chi connectivity index (χ4n) is 2.70. The largest absolute Gasteiger partial charge is 0.496 e. The van der Waals surface area contributed by atoms with Crippen molar-refractivity contribution in [3.05, 3.63) is 57.3 Å². The van der Waals surface area contributed by atoms with E-state index in [0.717, 1.165) is 4.47 Å². The van der Waals surface area contributed by atoms with Gasteiger partial charge in [-0.15, -0.1) is 0 Å². The molecule has 134 valence electrons. The lowest BCUT2D eigenvalue weighted by Gasteiger charge is -2.07. The van der Waals surface area contributed by atoms with Crippen LogP contribution in [0.15, 0.2) is 40.6 Å². The SMILES string of the molecule is CCC(=O)Oc1cc(C)c2c(c1)O/C(=C\c1cc(Br)ccc1OC)C2=O. The van der Waals surface area contributed by atoms with Gasteiger partial charge >= 0.3 is 5.97 Å². The van der Waals surface area contributed by atoms with Crippen LogP contribution >= 0.6 is 15.9 Å². The summed E-state index contributed by atoms with van der Waals surface area (Å²) in [5.74, 6) is 1.01. The summed E-state index contributed by atoms with van der Waals surface area (Å²) in [6.07, 6.45) is 1.91. The molecule has 3 rings (SSSR count). The molecule has 1 aliphatic rings. The third-order valence-corrected chi connectivity index (χ3v) is 4.44. The molecule has 5 nitrogen and oxygen atoms in total. The predicted molar refractivity (Wildman–Crippen MR) is 101 cm³/mol. The molecule has 0 saturated heterocycles. The van der Waals surface area contributed by atoms with Crippen molar-refractivity contribution in [2.24, 2.45) is 0 Å². The molecule has 0 aliphatic carbocycles. The van der Waals surface area contributed by atoms with E-state index in [4.69, 9.17) is 14.2 Å². The van der Waals surface area contributed by atoms with Crippen LogP contribution in [0.3, 0.4) is 0 Å². The first-order valence-electron chi connectivity index (χ1n) is 8.06. The summed E-state index contributed by atoms with van der Waals surface area (Å²) in [5, 5.41) is 0. The molecule has 1 heterocycles. The number of halogens is 1. The Kier molecular flexibility index (Phi) is 5.13. The van der Waals surface area contributed by atoms with Gasteiger partial charge in [-0.2, -0.15) is 0 Å². The van der Waals surface area contributed by atoms with Gasteiger partial charge in [-0.05, 0) is 42.8 Å². The normalized spacial score (nSPS) is 14.2. The zero-order valence-corrected chi connectivity index (χ0v) is 16.2. The molecule has 0 unspecified atom stereocenters. The number of ether oxygens (including phenoxy) is 3. The number of rotatable bonds is 4. The van der Waals surface area contributed by atoms with Crippen molar-refractivity contribution in [1.29, 1.82) is 0 Å². The smallest absolute Gasteiger partial charge is 0.310 e. The van der Waals surface area contributed by atoms with E-state index >= 15 is 0 Å². The molecule has 26 heavy (non-hydrogen) atoms. The van der Waals surface area contributed by atoms with E-state index in [2.05, 4.69) is 15.9 Å². The molecule has 1 aliphatic heterocycles. The highest BCUT2D eigenvalue weighted by Gasteiger charge is 2.30. The first-order valence-corrected chi connectivity index (χ1v) is 8.85. The highest BCUT2D eigenvalue weighted by Crippen LogP contribution is 2.38. The minimum atomic E-state index is -0.344. The minimum absolute atomic E-state index is 0.193. The maximum Gasteiger partial charge on any atom is 0.310 e. The van der Waals surface area contributed by atoms with Crippen LogP contribution in [0.1, 0.15) is 34.8 Å². The van der Waals surface area contributed by atoms with Gasteiger partial charge in [0.15, 0.2) is 5.76 Å². The topological polar surface area (TPSA) is 61.8 Å². The highest BCUT2D eigenvalue weighted by atomic mass is 79.9. The van der Waals surface area contributed by atoms with Gasteiger partial charge in [0.25, 0.3) is 0 Å². The number of Topliss-reactive ketones (excluding diaryl/α,β-unsaturated/α-hetero) is 1. The number of carbonyl (C=O) groups excluding carboxylic acids is 2. The number of ketones is 1. The Balaban J connectivity index is 1.98. The predicted octanol–water partition coefficient (Wildman–Crippen LogP) is 4.70. The van der Waals surface area contributed by atoms with E-state index in [1.54, 1.807) is 45.2 Å². The third-order valence-electron chi connectivity index (χ3n) is 3.94. The summed E-state index contributed by atoms with van der Waals surface area (Å²) >= 11 is 3.41. The Morgan fingerprint density at radius 1 is 1.27 bits per heavy atom. The van der Waals surface area contributed by atoms with E-state index < -0.39 is 0 Å². The first kappa shape index (κ1) is 18.2. The zero-order chi connectivity index (χ0) is 18.8. The van der Waals surface area contributed by atoms with Crippen molar-refractivity contribution in [2.45, 2.75) is 20.3 Å². The van der Waals surface area contributed by atoms with E-state index in [0.29, 0.717) is 33.9 Å². The van der Waals surface area contributed by atoms with E-state index in [1.807, 2.05) is 12.1 Å². The molecule has 0 radical (unpaired) electrons. The van der Waals surface area contributed by atoms with Gasteiger partial charge in [0, 0.05) is 22.5 Å². The molecule has 0 aromatic heterocycles. The van der Waals surface area contributed by atoms with Gasteiger partial charge in [0.1, 0.15) is 17.2 Å².